The quantitative estimate of drug-likeness (QED) is 0.142. The van der Waals surface area contributed by atoms with E-state index in [0.717, 1.165) is 53.2 Å². The number of aliphatic hydroxyl groups is 4. The first kappa shape index (κ1) is 32.8. The fraction of sp³-hybridized carbons (Fsp3) is 0.469. The van der Waals surface area contributed by atoms with E-state index in [1.54, 1.807) is 0 Å². The van der Waals surface area contributed by atoms with Gasteiger partial charge in [-0.05, 0) is 32.4 Å². The highest BCUT2D eigenvalue weighted by Crippen LogP contribution is 2.29. The maximum atomic E-state index is 11.1. The zero-order valence-electron chi connectivity index (χ0n) is 25.0. The van der Waals surface area contributed by atoms with Crippen molar-refractivity contribution in [2.24, 2.45) is 0 Å². The van der Waals surface area contributed by atoms with Crippen LogP contribution in [0.5, 0.6) is 11.5 Å². The number of aliphatic hydroxyl groups excluding tert-OH is 4. The molecule has 0 aliphatic carbocycles. The average Bonchev–Trinajstić information content (AvgIpc) is 2.98. The van der Waals surface area contributed by atoms with E-state index in [1.807, 2.05) is 56.3 Å². The summed E-state index contributed by atoms with van der Waals surface area (Å²) in [4.78, 5) is 9.45. The van der Waals surface area contributed by atoms with Gasteiger partial charge in [0.1, 0.15) is 24.0 Å². The van der Waals surface area contributed by atoms with Crippen LogP contribution in [0.15, 0.2) is 42.5 Å². The Morgan fingerprint density at radius 2 is 1.14 bits per heavy atom. The largest absolute Gasteiger partial charge is 0.507 e. The Morgan fingerprint density at radius 3 is 1.56 bits per heavy atom. The first-order valence-electron chi connectivity index (χ1n) is 14.7. The second-order valence-corrected chi connectivity index (χ2v) is 11.4. The minimum atomic E-state index is -1.06. The fourth-order valence-corrected chi connectivity index (χ4v) is 5.56. The molecule has 1 aliphatic rings. The lowest BCUT2D eigenvalue weighted by molar-refractivity contribution is 0.0663. The molecule has 2 heterocycles. The predicted octanol–water partition coefficient (Wildman–Crippen LogP) is 1.32. The molecule has 1 aliphatic heterocycles. The van der Waals surface area contributed by atoms with E-state index in [2.05, 4.69) is 20.4 Å². The van der Waals surface area contributed by atoms with Crippen molar-refractivity contribution in [3.05, 3.63) is 87.2 Å². The van der Waals surface area contributed by atoms with Crippen LogP contribution >= 0.6 is 0 Å². The third-order valence-electron chi connectivity index (χ3n) is 7.60. The number of rotatable bonds is 12. The average molecular weight is 596 g/mol. The van der Waals surface area contributed by atoms with Crippen molar-refractivity contribution < 1.29 is 30.6 Å². The molecular weight excluding hydrogens is 550 g/mol. The van der Waals surface area contributed by atoms with Crippen molar-refractivity contribution in [3.8, 4) is 11.5 Å². The van der Waals surface area contributed by atoms with Crippen molar-refractivity contribution in [2.75, 3.05) is 26.3 Å². The molecule has 0 saturated carbocycles. The topological polar surface area (TPSA) is 165 Å². The molecule has 1 aromatic heterocycles. The number of aryl methyl sites for hydroxylation is 2. The lowest BCUT2D eigenvalue weighted by atomic mass is 10.0. The van der Waals surface area contributed by atoms with Crippen molar-refractivity contribution in [2.45, 2.75) is 72.0 Å². The molecule has 0 radical (unpaired) electrons. The minimum Gasteiger partial charge on any atom is -0.507 e. The Morgan fingerprint density at radius 1 is 0.721 bits per heavy atom. The van der Waals surface area contributed by atoms with Gasteiger partial charge in [-0.2, -0.15) is 0 Å². The van der Waals surface area contributed by atoms with Crippen LogP contribution in [-0.2, 0) is 39.3 Å². The summed E-state index contributed by atoms with van der Waals surface area (Å²) in [7, 11) is 0. The zero-order valence-corrected chi connectivity index (χ0v) is 25.0. The fourth-order valence-electron chi connectivity index (χ4n) is 5.56. The van der Waals surface area contributed by atoms with Gasteiger partial charge in [0.15, 0.2) is 0 Å². The van der Waals surface area contributed by atoms with Crippen LogP contribution in [-0.4, -0.2) is 84.2 Å². The summed E-state index contributed by atoms with van der Waals surface area (Å²) in [6.45, 7) is 7.40. The number of hydrogen-bond acceptors (Lipinski definition) is 11. The Kier molecular flexibility index (Phi) is 11.9. The minimum absolute atomic E-state index is 0.176. The number of pyridine rings is 1. The molecule has 0 spiro atoms. The summed E-state index contributed by atoms with van der Waals surface area (Å²) in [6.07, 6.45) is -1.26. The highest BCUT2D eigenvalue weighted by atomic mass is 16.3. The molecule has 11 heteroatoms. The molecule has 2 bridgehead atoms. The van der Waals surface area contributed by atoms with Gasteiger partial charge in [-0.25, -0.2) is 0 Å². The molecule has 0 fully saturated rings. The van der Waals surface area contributed by atoms with Gasteiger partial charge in [0.05, 0.1) is 24.6 Å². The van der Waals surface area contributed by atoms with Crippen molar-refractivity contribution >= 4 is 0 Å². The summed E-state index contributed by atoms with van der Waals surface area (Å²) in [5, 5.41) is 65.4. The number of phenolic OH excluding ortho intramolecular Hbond substituents is 2. The number of aromatic nitrogens is 1. The van der Waals surface area contributed by atoms with Crippen LogP contribution in [0.4, 0.5) is 0 Å². The second-order valence-electron chi connectivity index (χ2n) is 11.4. The standard InChI is InChI=1S/C32H45N5O6/c1-21-9-23(13-33-29(40)19-38)31(42)25(11-21)15-36-7-4-8-37(18-28-6-3-5-27(17-36)35-28)16-26-12-22(2)10-24(32(26)43)14-34-30(41)20-39/h3,5-6,9-12,29-30,33-34,38-43H,4,7-8,13-20H2,1-2H3. The lowest BCUT2D eigenvalue weighted by Crippen LogP contribution is -2.32. The van der Waals surface area contributed by atoms with E-state index in [1.165, 1.54) is 0 Å². The van der Waals surface area contributed by atoms with Gasteiger partial charge in [0.2, 0.25) is 0 Å². The highest BCUT2D eigenvalue weighted by Gasteiger charge is 2.19. The molecule has 2 unspecified atom stereocenters. The molecule has 234 valence electrons. The third kappa shape index (κ3) is 9.43. The Balaban J connectivity index is 1.51. The van der Waals surface area contributed by atoms with Crippen molar-refractivity contribution in [3.63, 3.8) is 0 Å². The van der Waals surface area contributed by atoms with Gasteiger partial charge in [-0.3, -0.25) is 25.4 Å². The predicted molar refractivity (Wildman–Crippen MR) is 163 cm³/mol. The summed E-state index contributed by atoms with van der Waals surface area (Å²) in [5.41, 5.74) is 6.77. The summed E-state index contributed by atoms with van der Waals surface area (Å²) >= 11 is 0. The highest BCUT2D eigenvalue weighted by molar-refractivity contribution is 5.44. The van der Waals surface area contributed by atoms with E-state index in [-0.39, 0.29) is 24.6 Å². The van der Waals surface area contributed by atoms with Gasteiger partial charge >= 0.3 is 0 Å². The van der Waals surface area contributed by atoms with E-state index in [9.17, 15) is 20.4 Å². The third-order valence-corrected chi connectivity index (χ3v) is 7.60. The Bertz CT molecular complexity index is 1260. The number of benzene rings is 2. The molecule has 2 atom stereocenters. The number of fused-ring (bicyclic) bond motifs is 2. The van der Waals surface area contributed by atoms with Gasteiger partial charge in [-0.15, -0.1) is 0 Å². The number of nitrogens with zero attached hydrogens (tertiary/aromatic N) is 3. The first-order valence-corrected chi connectivity index (χ1v) is 14.7. The van der Waals surface area contributed by atoms with Crippen LogP contribution in [0.2, 0.25) is 0 Å². The van der Waals surface area contributed by atoms with Crippen LogP contribution in [0, 0.1) is 13.8 Å². The number of nitrogens with one attached hydrogen (secondary N) is 2. The van der Waals surface area contributed by atoms with Crippen LogP contribution in [0.25, 0.3) is 0 Å². The molecule has 4 rings (SSSR count). The van der Waals surface area contributed by atoms with Gasteiger partial charge in [-0.1, -0.05) is 41.5 Å². The normalized spacial score (nSPS) is 16.2. The maximum Gasteiger partial charge on any atom is 0.128 e. The van der Waals surface area contributed by atoms with E-state index >= 15 is 0 Å². The van der Waals surface area contributed by atoms with Crippen LogP contribution in [0.3, 0.4) is 0 Å². The smallest absolute Gasteiger partial charge is 0.128 e. The summed E-state index contributed by atoms with van der Waals surface area (Å²) in [6, 6.07) is 13.7. The zero-order chi connectivity index (χ0) is 30.9. The second kappa shape index (κ2) is 15.6. The number of hydrogen-bond donors (Lipinski definition) is 8. The maximum absolute atomic E-state index is 11.1. The molecule has 8 N–H and O–H groups in total. The summed E-state index contributed by atoms with van der Waals surface area (Å²) < 4.78 is 0. The Hall–Kier alpha value is -3.13. The van der Waals surface area contributed by atoms with Crippen molar-refractivity contribution in [1.82, 2.24) is 25.4 Å². The molecule has 43 heavy (non-hydrogen) atoms. The van der Waals surface area contributed by atoms with Gasteiger partial charge in [0, 0.05) is 74.6 Å². The number of aromatic hydroxyl groups is 2. The van der Waals surface area contributed by atoms with E-state index in [4.69, 9.17) is 15.2 Å². The monoisotopic (exact) mass is 595 g/mol. The van der Waals surface area contributed by atoms with Crippen molar-refractivity contribution in [1.29, 1.82) is 0 Å². The van der Waals surface area contributed by atoms with Gasteiger partial charge < -0.3 is 30.6 Å². The first-order chi connectivity index (χ1) is 20.6. The number of phenols is 2. The molecule has 3 aromatic rings. The molecule has 2 aromatic carbocycles. The SMILES string of the molecule is Cc1cc(CNC(O)CO)c(O)c(CN2CCCN(Cc3cc(C)cc(CNC(O)CO)c3O)Cc3cccc(n3)C2)c1. The van der Waals surface area contributed by atoms with Crippen LogP contribution in [0.1, 0.15) is 51.2 Å². The molecule has 11 nitrogen and oxygen atoms in total. The van der Waals surface area contributed by atoms with E-state index in [0.29, 0.717) is 37.3 Å². The Labute approximate surface area is 253 Å². The van der Waals surface area contributed by atoms with Crippen LogP contribution < -0.4 is 10.6 Å². The molecule has 0 amide bonds. The van der Waals surface area contributed by atoms with E-state index < -0.39 is 25.7 Å². The molecule has 0 saturated heterocycles. The summed E-state index contributed by atoms with van der Waals surface area (Å²) in [5.74, 6) is 0.353. The molecular formula is C32H45N5O6. The van der Waals surface area contributed by atoms with Gasteiger partial charge in [0.25, 0.3) is 0 Å². The lowest BCUT2D eigenvalue weighted by Gasteiger charge is -2.29.